The molecule has 2 rings (SSSR count). The summed E-state index contributed by atoms with van der Waals surface area (Å²) >= 11 is 0. The van der Waals surface area contributed by atoms with Crippen molar-refractivity contribution in [3.63, 3.8) is 0 Å². The summed E-state index contributed by atoms with van der Waals surface area (Å²) in [5, 5.41) is 21.2. The van der Waals surface area contributed by atoms with Crippen LogP contribution in [0.1, 0.15) is 33.9 Å². The summed E-state index contributed by atoms with van der Waals surface area (Å²) in [5.74, 6) is 0. The summed E-state index contributed by atoms with van der Waals surface area (Å²) in [6, 6.07) is 10.5. The Kier molecular flexibility index (Phi) is 3.86. The van der Waals surface area contributed by atoms with Crippen LogP contribution >= 0.6 is 0 Å². The fourth-order valence-corrected chi connectivity index (χ4v) is 2.18. The van der Waals surface area contributed by atoms with Crippen molar-refractivity contribution in [1.29, 1.82) is 0 Å². The second-order valence-corrected chi connectivity index (χ2v) is 5.05. The van der Waals surface area contributed by atoms with Crippen LogP contribution in [0.4, 0.5) is 5.69 Å². The Bertz CT molecular complexity index is 665. The highest BCUT2D eigenvalue weighted by atomic mass is 16.6. The van der Waals surface area contributed by atoms with Crippen LogP contribution in [0.3, 0.4) is 0 Å². The van der Waals surface area contributed by atoms with Crippen LogP contribution in [0.5, 0.6) is 0 Å². The number of aryl methyl sites for hydroxylation is 3. The highest BCUT2D eigenvalue weighted by Gasteiger charge is 2.16. The van der Waals surface area contributed by atoms with E-state index in [4.69, 9.17) is 0 Å². The van der Waals surface area contributed by atoms with E-state index in [1.807, 2.05) is 32.0 Å². The summed E-state index contributed by atoms with van der Waals surface area (Å²) in [7, 11) is 0. The second-order valence-electron chi connectivity index (χ2n) is 5.05. The minimum atomic E-state index is -0.770. The molecule has 1 unspecified atom stereocenters. The fourth-order valence-electron chi connectivity index (χ4n) is 2.18. The Morgan fingerprint density at radius 2 is 1.50 bits per heavy atom. The van der Waals surface area contributed by atoms with Gasteiger partial charge in [-0.2, -0.15) is 0 Å². The average Bonchev–Trinajstić information content (AvgIpc) is 2.40. The molecule has 0 amide bonds. The minimum Gasteiger partial charge on any atom is -0.384 e. The van der Waals surface area contributed by atoms with Gasteiger partial charge >= 0.3 is 0 Å². The van der Waals surface area contributed by atoms with E-state index in [1.54, 1.807) is 19.1 Å². The van der Waals surface area contributed by atoms with Gasteiger partial charge in [-0.15, -0.1) is 0 Å². The molecule has 0 aliphatic rings. The molecule has 0 aliphatic heterocycles. The molecule has 2 aromatic rings. The zero-order valence-corrected chi connectivity index (χ0v) is 11.8. The van der Waals surface area contributed by atoms with Crippen LogP contribution in [0.25, 0.3) is 0 Å². The van der Waals surface area contributed by atoms with Crippen molar-refractivity contribution >= 4 is 5.69 Å². The van der Waals surface area contributed by atoms with Gasteiger partial charge in [-0.05, 0) is 55.2 Å². The maximum Gasteiger partial charge on any atom is 0.272 e. The number of hydrogen-bond donors (Lipinski definition) is 1. The summed E-state index contributed by atoms with van der Waals surface area (Å²) in [4.78, 5) is 10.4. The van der Waals surface area contributed by atoms with E-state index in [9.17, 15) is 15.2 Å². The van der Waals surface area contributed by atoms with Crippen LogP contribution in [0.2, 0.25) is 0 Å². The third-order valence-electron chi connectivity index (χ3n) is 3.58. The Morgan fingerprint density at radius 3 is 2.00 bits per heavy atom. The first kappa shape index (κ1) is 14.2. The van der Waals surface area contributed by atoms with Gasteiger partial charge in [0.25, 0.3) is 5.69 Å². The van der Waals surface area contributed by atoms with Gasteiger partial charge in [0.2, 0.25) is 0 Å². The normalized spacial score (nSPS) is 12.2. The topological polar surface area (TPSA) is 63.4 Å². The number of benzene rings is 2. The molecular formula is C16H17NO3. The minimum absolute atomic E-state index is 0.0704. The van der Waals surface area contributed by atoms with Gasteiger partial charge in [0, 0.05) is 11.6 Å². The van der Waals surface area contributed by atoms with Gasteiger partial charge in [0.15, 0.2) is 0 Å². The molecule has 0 saturated carbocycles. The molecular weight excluding hydrogens is 254 g/mol. The number of aliphatic hydroxyl groups is 1. The van der Waals surface area contributed by atoms with Gasteiger partial charge < -0.3 is 5.11 Å². The predicted molar refractivity (Wildman–Crippen MR) is 77.8 cm³/mol. The molecule has 0 aromatic heterocycles. The first-order valence-corrected chi connectivity index (χ1v) is 6.40. The number of nitrogens with zero attached hydrogens (tertiary/aromatic N) is 1. The monoisotopic (exact) mass is 271 g/mol. The highest BCUT2D eigenvalue weighted by molar-refractivity contribution is 5.44. The second kappa shape index (κ2) is 5.43. The molecule has 0 spiro atoms. The van der Waals surface area contributed by atoms with Crippen molar-refractivity contribution in [2.75, 3.05) is 0 Å². The molecule has 0 aliphatic carbocycles. The fraction of sp³-hybridized carbons (Fsp3) is 0.250. The van der Waals surface area contributed by atoms with E-state index in [0.717, 1.165) is 11.1 Å². The first-order valence-electron chi connectivity index (χ1n) is 6.40. The molecule has 0 saturated heterocycles. The van der Waals surface area contributed by atoms with Crippen LogP contribution in [0.15, 0.2) is 36.4 Å². The van der Waals surface area contributed by atoms with E-state index >= 15 is 0 Å². The molecule has 0 heterocycles. The zero-order valence-electron chi connectivity index (χ0n) is 11.8. The van der Waals surface area contributed by atoms with Crippen molar-refractivity contribution in [2.45, 2.75) is 26.9 Å². The molecule has 4 nitrogen and oxygen atoms in total. The van der Waals surface area contributed by atoms with E-state index in [-0.39, 0.29) is 5.69 Å². The number of nitro benzene ring substituents is 1. The smallest absolute Gasteiger partial charge is 0.272 e. The Balaban J connectivity index is 2.38. The zero-order chi connectivity index (χ0) is 14.9. The SMILES string of the molecule is Cc1ccc(C(O)c2ccc([N+](=O)[O-])c(C)c2)cc1C. The highest BCUT2D eigenvalue weighted by Crippen LogP contribution is 2.27. The Morgan fingerprint density at radius 1 is 0.950 bits per heavy atom. The van der Waals surface area contributed by atoms with E-state index < -0.39 is 11.0 Å². The summed E-state index contributed by atoms with van der Waals surface area (Å²) in [6.45, 7) is 5.68. The number of aliphatic hydroxyl groups excluding tert-OH is 1. The van der Waals surface area contributed by atoms with Crippen molar-refractivity contribution in [2.24, 2.45) is 0 Å². The molecule has 104 valence electrons. The Labute approximate surface area is 117 Å². The van der Waals surface area contributed by atoms with Gasteiger partial charge in [0.05, 0.1) is 4.92 Å². The largest absolute Gasteiger partial charge is 0.384 e. The number of rotatable bonds is 3. The number of nitro groups is 1. The van der Waals surface area contributed by atoms with Crippen LogP contribution in [-0.2, 0) is 0 Å². The maximum absolute atomic E-state index is 10.8. The van der Waals surface area contributed by atoms with Gasteiger partial charge in [-0.1, -0.05) is 18.2 Å². The molecule has 0 radical (unpaired) electrons. The summed E-state index contributed by atoms with van der Waals surface area (Å²) < 4.78 is 0. The molecule has 0 fully saturated rings. The standard InChI is InChI=1S/C16H17NO3/c1-10-4-5-13(8-11(10)2)16(18)14-6-7-15(17(19)20)12(3)9-14/h4-9,16,18H,1-3H3. The van der Waals surface area contributed by atoms with E-state index in [0.29, 0.717) is 11.1 Å². The van der Waals surface area contributed by atoms with Crippen molar-refractivity contribution in [1.82, 2.24) is 0 Å². The van der Waals surface area contributed by atoms with Crippen molar-refractivity contribution in [3.8, 4) is 0 Å². The van der Waals surface area contributed by atoms with Crippen LogP contribution in [-0.4, -0.2) is 10.0 Å². The van der Waals surface area contributed by atoms with Gasteiger partial charge in [-0.25, -0.2) is 0 Å². The van der Waals surface area contributed by atoms with Gasteiger partial charge in [0.1, 0.15) is 6.10 Å². The van der Waals surface area contributed by atoms with Gasteiger partial charge in [-0.3, -0.25) is 10.1 Å². The molecule has 2 aromatic carbocycles. The predicted octanol–water partition coefficient (Wildman–Crippen LogP) is 3.60. The first-order chi connectivity index (χ1) is 9.40. The molecule has 1 N–H and O–H groups in total. The van der Waals surface area contributed by atoms with E-state index in [2.05, 4.69) is 0 Å². The lowest BCUT2D eigenvalue weighted by Crippen LogP contribution is -2.02. The quantitative estimate of drug-likeness (QED) is 0.685. The summed E-state index contributed by atoms with van der Waals surface area (Å²) in [6.07, 6.45) is -0.770. The van der Waals surface area contributed by atoms with E-state index in [1.165, 1.54) is 11.6 Å². The molecule has 4 heteroatoms. The van der Waals surface area contributed by atoms with Crippen molar-refractivity contribution < 1.29 is 10.0 Å². The molecule has 20 heavy (non-hydrogen) atoms. The third kappa shape index (κ3) is 2.70. The lowest BCUT2D eigenvalue weighted by molar-refractivity contribution is -0.385. The lowest BCUT2D eigenvalue weighted by Gasteiger charge is -2.14. The third-order valence-corrected chi connectivity index (χ3v) is 3.58. The maximum atomic E-state index is 10.8. The van der Waals surface area contributed by atoms with Crippen LogP contribution in [0, 0.1) is 30.9 Å². The van der Waals surface area contributed by atoms with Crippen LogP contribution < -0.4 is 0 Å². The summed E-state index contributed by atoms with van der Waals surface area (Å²) in [5.41, 5.74) is 4.36. The lowest BCUT2D eigenvalue weighted by atomic mass is 9.96. The van der Waals surface area contributed by atoms with Crippen molar-refractivity contribution in [3.05, 3.63) is 74.3 Å². The molecule has 1 atom stereocenters. The molecule has 0 bridgehead atoms. The number of hydrogen-bond acceptors (Lipinski definition) is 3. The average molecular weight is 271 g/mol. The Hall–Kier alpha value is -2.20.